The molecule has 10 heteroatoms. The Balaban J connectivity index is 1.67. The monoisotopic (exact) mass is 406 g/mol. The molecule has 1 aromatic heterocycles. The molecular weight excluding hydrogens is 392 g/mol. The van der Waals surface area contributed by atoms with Crippen molar-refractivity contribution in [2.45, 2.75) is 19.3 Å². The zero-order valence-corrected chi connectivity index (χ0v) is 15.0. The Hall–Kier alpha value is -3.27. The molecule has 1 aliphatic heterocycles. The summed E-state index contributed by atoms with van der Waals surface area (Å²) in [6.07, 6.45) is -5.22. The molecule has 0 bridgehead atoms. The molecule has 4 rings (SSSR count). The summed E-state index contributed by atoms with van der Waals surface area (Å²) in [7, 11) is 0. The predicted octanol–water partition coefficient (Wildman–Crippen LogP) is 3.84. The highest BCUT2D eigenvalue weighted by Crippen LogP contribution is 2.35. The van der Waals surface area contributed by atoms with E-state index < -0.39 is 18.2 Å². The van der Waals surface area contributed by atoms with Gasteiger partial charge in [0.05, 0.1) is 6.54 Å². The van der Waals surface area contributed by atoms with Gasteiger partial charge in [-0.05, 0) is 48.4 Å². The molecule has 1 saturated heterocycles. The molecule has 0 aliphatic carbocycles. The van der Waals surface area contributed by atoms with E-state index in [1.54, 1.807) is 31.2 Å². The van der Waals surface area contributed by atoms with Crippen LogP contribution >= 0.6 is 0 Å². The Bertz CT molecular complexity index is 1060. The number of nitrogens with one attached hydrogen (secondary N) is 1. The van der Waals surface area contributed by atoms with Gasteiger partial charge in [-0.15, -0.1) is 10.2 Å². The third kappa shape index (κ3) is 3.58. The summed E-state index contributed by atoms with van der Waals surface area (Å²) in [5.74, 6) is -2.27. The lowest BCUT2D eigenvalue weighted by Gasteiger charge is -2.26. The number of hydrogen-bond donors (Lipinski definition) is 1. The first-order valence-corrected chi connectivity index (χ1v) is 8.56. The molecule has 1 aliphatic rings. The van der Waals surface area contributed by atoms with Crippen molar-refractivity contribution < 1.29 is 26.8 Å². The zero-order valence-electron chi connectivity index (χ0n) is 15.0. The minimum Gasteiger partial charge on any atom is -0.413 e. The highest BCUT2D eigenvalue weighted by atomic mass is 19.4. The van der Waals surface area contributed by atoms with Gasteiger partial charge in [0.15, 0.2) is 0 Å². The Morgan fingerprint density at radius 3 is 2.48 bits per heavy atom. The quantitative estimate of drug-likeness (QED) is 0.670. The molecule has 1 N–H and O–H groups in total. The van der Waals surface area contributed by atoms with E-state index in [1.807, 2.05) is 0 Å². The Morgan fingerprint density at radius 2 is 1.86 bits per heavy atom. The molecule has 0 saturated carbocycles. The smallest absolute Gasteiger partial charge is 0.413 e. The average molecular weight is 406 g/mol. The van der Waals surface area contributed by atoms with Crippen LogP contribution in [0.25, 0.3) is 11.5 Å². The second-order valence-electron chi connectivity index (χ2n) is 6.51. The molecule has 2 aromatic carbocycles. The Labute approximate surface area is 162 Å². The number of anilines is 1. The van der Waals surface area contributed by atoms with Crippen molar-refractivity contribution in [1.29, 1.82) is 0 Å². The summed E-state index contributed by atoms with van der Waals surface area (Å²) in [4.78, 5) is 14.0. The molecule has 2 heterocycles. The molecule has 3 aromatic rings. The first kappa shape index (κ1) is 19.1. The van der Waals surface area contributed by atoms with E-state index in [-0.39, 0.29) is 24.2 Å². The normalized spacial score (nSPS) is 17.2. The molecule has 0 spiro atoms. The summed E-state index contributed by atoms with van der Waals surface area (Å²) >= 11 is 0. The summed E-state index contributed by atoms with van der Waals surface area (Å²) in [5, 5.41) is 9.53. The Kier molecular flexibility index (Phi) is 4.58. The van der Waals surface area contributed by atoms with Crippen molar-refractivity contribution in [3.8, 4) is 11.5 Å². The van der Waals surface area contributed by atoms with Crippen molar-refractivity contribution in [3.63, 3.8) is 0 Å². The minimum absolute atomic E-state index is 0.0990. The van der Waals surface area contributed by atoms with E-state index in [9.17, 15) is 22.4 Å². The van der Waals surface area contributed by atoms with Gasteiger partial charge in [-0.2, -0.15) is 13.2 Å². The second kappa shape index (κ2) is 6.96. The van der Waals surface area contributed by atoms with Crippen molar-refractivity contribution in [2.24, 2.45) is 0 Å². The highest BCUT2D eigenvalue weighted by molar-refractivity contribution is 5.98. The van der Waals surface area contributed by atoms with Crippen LogP contribution in [0.5, 0.6) is 0 Å². The average Bonchev–Trinajstić information content (AvgIpc) is 3.30. The van der Waals surface area contributed by atoms with Crippen LogP contribution in [0.15, 0.2) is 46.9 Å². The van der Waals surface area contributed by atoms with Gasteiger partial charge >= 0.3 is 12.1 Å². The number of alkyl halides is 3. The maximum absolute atomic E-state index is 13.2. The van der Waals surface area contributed by atoms with Gasteiger partial charge in [0.25, 0.3) is 0 Å². The number of aromatic nitrogens is 2. The van der Waals surface area contributed by atoms with E-state index in [1.165, 1.54) is 23.1 Å². The molecule has 1 amide bonds. The summed E-state index contributed by atoms with van der Waals surface area (Å²) in [6, 6.07) is 10.4. The fraction of sp³-hybridized carbons (Fsp3) is 0.211. The fourth-order valence-corrected chi connectivity index (χ4v) is 3.20. The van der Waals surface area contributed by atoms with Gasteiger partial charge in [-0.1, -0.05) is 12.1 Å². The first-order valence-electron chi connectivity index (χ1n) is 8.56. The van der Waals surface area contributed by atoms with Gasteiger partial charge in [-0.3, -0.25) is 15.0 Å². The molecular formula is C19H14F4N4O2. The molecule has 1 unspecified atom stereocenters. The van der Waals surface area contributed by atoms with E-state index in [0.717, 1.165) is 0 Å². The second-order valence-corrected chi connectivity index (χ2v) is 6.51. The molecule has 1 atom stereocenters. The molecule has 29 heavy (non-hydrogen) atoms. The number of amides is 1. The lowest BCUT2D eigenvalue weighted by Crippen LogP contribution is -2.30. The molecule has 1 fully saturated rings. The number of aryl methyl sites for hydroxylation is 1. The van der Waals surface area contributed by atoms with Crippen LogP contribution in [0.1, 0.15) is 23.2 Å². The van der Waals surface area contributed by atoms with Crippen molar-refractivity contribution in [1.82, 2.24) is 15.5 Å². The van der Waals surface area contributed by atoms with Crippen LogP contribution < -0.4 is 10.2 Å². The molecule has 0 radical (unpaired) electrons. The van der Waals surface area contributed by atoms with Gasteiger partial charge in [0.2, 0.25) is 11.8 Å². The van der Waals surface area contributed by atoms with Crippen molar-refractivity contribution in [3.05, 3.63) is 65.3 Å². The number of carbonyl (C=O) groups excluding carboxylic acids is 1. The number of carbonyl (C=O) groups is 1. The highest BCUT2D eigenvalue weighted by Gasteiger charge is 2.38. The topological polar surface area (TPSA) is 71.3 Å². The van der Waals surface area contributed by atoms with Crippen LogP contribution in [0.2, 0.25) is 0 Å². The van der Waals surface area contributed by atoms with E-state index in [2.05, 4.69) is 15.5 Å². The molecule has 150 valence electrons. The lowest BCUT2D eigenvalue weighted by molar-refractivity contribution is -0.156. The maximum Gasteiger partial charge on any atom is 0.470 e. The number of hydrogen-bond acceptors (Lipinski definition) is 5. The fourth-order valence-electron chi connectivity index (χ4n) is 3.20. The van der Waals surface area contributed by atoms with Crippen LogP contribution in [-0.4, -0.2) is 22.6 Å². The molecule has 6 nitrogen and oxygen atoms in total. The maximum atomic E-state index is 13.2. The van der Waals surface area contributed by atoms with E-state index in [4.69, 9.17) is 4.42 Å². The van der Waals surface area contributed by atoms with Crippen LogP contribution in [0.4, 0.5) is 23.2 Å². The SMILES string of the molecule is Cc1cc(-c2nnc(C(F)(F)F)o2)ccc1N1C(=O)CNC1c1ccc(F)cc1. The third-order valence-corrected chi connectivity index (χ3v) is 4.53. The predicted molar refractivity (Wildman–Crippen MR) is 94.1 cm³/mol. The van der Waals surface area contributed by atoms with Gasteiger partial charge in [-0.25, -0.2) is 4.39 Å². The van der Waals surface area contributed by atoms with Crippen LogP contribution in [0.3, 0.4) is 0 Å². The van der Waals surface area contributed by atoms with Gasteiger partial charge < -0.3 is 4.42 Å². The third-order valence-electron chi connectivity index (χ3n) is 4.53. The van der Waals surface area contributed by atoms with Gasteiger partial charge in [0.1, 0.15) is 12.0 Å². The zero-order chi connectivity index (χ0) is 20.8. The first-order chi connectivity index (χ1) is 13.7. The van der Waals surface area contributed by atoms with Gasteiger partial charge in [0, 0.05) is 11.3 Å². The largest absolute Gasteiger partial charge is 0.470 e. The lowest BCUT2D eigenvalue weighted by atomic mass is 10.1. The number of nitrogens with zero attached hydrogens (tertiary/aromatic N) is 3. The number of rotatable bonds is 3. The van der Waals surface area contributed by atoms with Crippen molar-refractivity contribution in [2.75, 3.05) is 11.4 Å². The van der Waals surface area contributed by atoms with E-state index in [0.29, 0.717) is 22.4 Å². The summed E-state index contributed by atoms with van der Waals surface area (Å²) in [5.41, 5.74) is 2.19. The Morgan fingerprint density at radius 1 is 1.14 bits per heavy atom. The standard InChI is InChI=1S/C19H14F4N4O2/c1-10-8-12(17-25-26-18(29-17)19(21,22)23)4-7-14(10)27-15(28)9-24-16(27)11-2-5-13(20)6-3-11/h2-8,16,24H,9H2,1H3. The summed E-state index contributed by atoms with van der Waals surface area (Å²) in [6.45, 7) is 1.81. The van der Waals surface area contributed by atoms with Crippen LogP contribution in [0, 0.1) is 12.7 Å². The number of halogens is 4. The number of benzene rings is 2. The van der Waals surface area contributed by atoms with Crippen LogP contribution in [-0.2, 0) is 11.0 Å². The van der Waals surface area contributed by atoms with Crippen molar-refractivity contribution >= 4 is 11.6 Å². The minimum atomic E-state index is -4.73. The van der Waals surface area contributed by atoms with E-state index >= 15 is 0 Å². The summed E-state index contributed by atoms with van der Waals surface area (Å²) < 4.78 is 55.9.